The first-order valence-electron chi connectivity index (χ1n) is 6.51. The second kappa shape index (κ2) is 6.23. The Balaban J connectivity index is 2.39. The maximum atomic E-state index is 12.9. The van der Waals surface area contributed by atoms with Gasteiger partial charge >= 0.3 is 6.18 Å². The molecule has 114 valence electrons. The lowest BCUT2D eigenvalue weighted by Gasteiger charge is -2.11. The molecule has 21 heavy (non-hydrogen) atoms. The number of furan rings is 1. The fraction of sp³-hybridized carbons (Fsp3) is 0.333. The molecule has 0 radical (unpaired) electrons. The molecule has 1 atom stereocenters. The molecule has 2 rings (SSSR count). The molecule has 0 spiro atoms. The van der Waals surface area contributed by atoms with Gasteiger partial charge in [-0.1, -0.05) is 28.9 Å². The van der Waals surface area contributed by atoms with Gasteiger partial charge in [0.2, 0.25) is 0 Å². The Bertz CT molecular complexity index is 618. The van der Waals surface area contributed by atoms with E-state index < -0.39 is 11.7 Å². The van der Waals surface area contributed by atoms with Crippen molar-refractivity contribution in [3.63, 3.8) is 0 Å². The Kier molecular flexibility index (Phi) is 4.78. The van der Waals surface area contributed by atoms with Crippen LogP contribution >= 0.6 is 15.9 Å². The van der Waals surface area contributed by atoms with Crippen molar-refractivity contribution < 1.29 is 17.6 Å². The Labute approximate surface area is 129 Å². The van der Waals surface area contributed by atoms with Crippen LogP contribution in [0.25, 0.3) is 11.3 Å². The van der Waals surface area contributed by atoms with Gasteiger partial charge < -0.3 is 9.73 Å². The summed E-state index contributed by atoms with van der Waals surface area (Å²) in [6.07, 6.45) is -3.57. The van der Waals surface area contributed by atoms with Crippen molar-refractivity contribution >= 4 is 15.9 Å². The van der Waals surface area contributed by atoms with E-state index in [1.165, 1.54) is 6.07 Å². The lowest BCUT2D eigenvalue weighted by Crippen LogP contribution is -2.14. The second-order valence-electron chi connectivity index (χ2n) is 4.64. The second-order valence-corrected chi connectivity index (χ2v) is 5.50. The molecule has 0 aliphatic carbocycles. The van der Waals surface area contributed by atoms with Crippen molar-refractivity contribution in [2.45, 2.75) is 25.6 Å². The summed E-state index contributed by atoms with van der Waals surface area (Å²) in [5.74, 6) is 1.14. The molecule has 0 fully saturated rings. The van der Waals surface area contributed by atoms with Gasteiger partial charge in [-0.25, -0.2) is 0 Å². The van der Waals surface area contributed by atoms with Crippen LogP contribution in [0.15, 0.2) is 39.2 Å². The van der Waals surface area contributed by atoms with Gasteiger partial charge in [0.1, 0.15) is 11.5 Å². The third-order valence-corrected chi connectivity index (χ3v) is 3.97. The summed E-state index contributed by atoms with van der Waals surface area (Å²) < 4.78 is 44.4. The minimum absolute atomic E-state index is 0.0205. The summed E-state index contributed by atoms with van der Waals surface area (Å²) >= 11 is 2.93. The zero-order valence-corrected chi connectivity index (χ0v) is 13.2. The topological polar surface area (TPSA) is 25.2 Å². The minimum Gasteiger partial charge on any atom is -0.459 e. The quantitative estimate of drug-likeness (QED) is 0.788. The summed E-state index contributed by atoms with van der Waals surface area (Å²) in [7, 11) is 1.82. The maximum absolute atomic E-state index is 12.9. The van der Waals surface area contributed by atoms with E-state index in [1.54, 1.807) is 18.2 Å². The summed E-state index contributed by atoms with van der Waals surface area (Å²) in [5, 5.41) is 3.10. The summed E-state index contributed by atoms with van der Waals surface area (Å²) in [6, 6.07) is 7.61. The van der Waals surface area contributed by atoms with E-state index in [9.17, 15) is 13.2 Å². The van der Waals surface area contributed by atoms with Crippen LogP contribution in [0.2, 0.25) is 0 Å². The predicted molar refractivity (Wildman–Crippen MR) is 78.9 cm³/mol. The van der Waals surface area contributed by atoms with E-state index in [-0.39, 0.29) is 10.5 Å². The smallest absolute Gasteiger partial charge is 0.417 e. The number of hydrogen-bond acceptors (Lipinski definition) is 2. The van der Waals surface area contributed by atoms with E-state index in [0.717, 1.165) is 12.5 Å². The lowest BCUT2D eigenvalue weighted by atomic mass is 10.1. The van der Waals surface area contributed by atoms with Crippen LogP contribution in [0, 0.1) is 0 Å². The van der Waals surface area contributed by atoms with Gasteiger partial charge in [-0.15, -0.1) is 0 Å². The van der Waals surface area contributed by atoms with Crippen LogP contribution < -0.4 is 5.32 Å². The van der Waals surface area contributed by atoms with Crippen molar-refractivity contribution in [2.75, 3.05) is 7.05 Å². The highest BCUT2D eigenvalue weighted by molar-refractivity contribution is 9.10. The van der Waals surface area contributed by atoms with E-state index in [1.807, 2.05) is 14.0 Å². The average molecular weight is 362 g/mol. The van der Waals surface area contributed by atoms with Crippen LogP contribution in [-0.2, 0) is 6.18 Å². The molecule has 1 aromatic carbocycles. The molecule has 1 aromatic heterocycles. The molecule has 1 unspecified atom stereocenters. The first-order chi connectivity index (χ1) is 9.86. The monoisotopic (exact) mass is 361 g/mol. The van der Waals surface area contributed by atoms with Crippen molar-refractivity contribution in [3.8, 4) is 11.3 Å². The van der Waals surface area contributed by atoms with Crippen LogP contribution in [-0.4, -0.2) is 7.05 Å². The Morgan fingerprint density at radius 3 is 2.52 bits per heavy atom. The fourth-order valence-corrected chi connectivity index (χ4v) is 2.61. The van der Waals surface area contributed by atoms with Gasteiger partial charge in [0, 0.05) is 10.0 Å². The lowest BCUT2D eigenvalue weighted by molar-refractivity contribution is -0.138. The van der Waals surface area contributed by atoms with Gasteiger partial charge in [0.25, 0.3) is 0 Å². The van der Waals surface area contributed by atoms with Crippen LogP contribution in [0.3, 0.4) is 0 Å². The van der Waals surface area contributed by atoms with E-state index in [4.69, 9.17) is 4.42 Å². The van der Waals surface area contributed by atoms with Gasteiger partial charge in [-0.05, 0) is 37.7 Å². The molecule has 0 bridgehead atoms. The number of halogens is 4. The largest absolute Gasteiger partial charge is 0.459 e. The summed E-state index contributed by atoms with van der Waals surface area (Å²) in [5.41, 5.74) is -0.304. The van der Waals surface area contributed by atoms with Crippen LogP contribution in [0.1, 0.15) is 30.7 Å². The normalized spacial score (nSPS) is 13.4. The van der Waals surface area contributed by atoms with Crippen molar-refractivity contribution in [2.24, 2.45) is 0 Å². The molecule has 0 saturated carbocycles. The zero-order valence-electron chi connectivity index (χ0n) is 11.6. The third kappa shape index (κ3) is 3.49. The average Bonchev–Trinajstić information content (AvgIpc) is 2.89. The highest BCUT2D eigenvalue weighted by Crippen LogP contribution is 2.38. The summed E-state index contributed by atoms with van der Waals surface area (Å²) in [6.45, 7) is 2.00. The first kappa shape index (κ1) is 16.1. The Morgan fingerprint density at radius 2 is 1.95 bits per heavy atom. The molecule has 0 amide bonds. The predicted octanol–water partition coefficient (Wildman–Crippen LogP) is 5.40. The Hall–Kier alpha value is -1.27. The van der Waals surface area contributed by atoms with Crippen molar-refractivity contribution in [1.82, 2.24) is 5.32 Å². The molecule has 0 aliphatic rings. The Morgan fingerprint density at radius 1 is 1.24 bits per heavy atom. The molecule has 0 aliphatic heterocycles. The third-order valence-electron chi connectivity index (χ3n) is 3.28. The molecule has 0 saturated heterocycles. The van der Waals surface area contributed by atoms with Crippen molar-refractivity contribution in [1.29, 1.82) is 0 Å². The SMILES string of the molecule is CCC(NC)c1ccc(-c2ccc(Br)c(C(F)(F)F)c2)o1. The first-order valence-corrected chi connectivity index (χ1v) is 7.30. The maximum Gasteiger partial charge on any atom is 0.417 e. The van der Waals surface area contributed by atoms with E-state index in [0.29, 0.717) is 17.1 Å². The molecule has 6 heteroatoms. The van der Waals surface area contributed by atoms with Gasteiger partial charge in [0.05, 0.1) is 11.6 Å². The van der Waals surface area contributed by atoms with E-state index in [2.05, 4.69) is 21.2 Å². The highest BCUT2D eigenvalue weighted by Gasteiger charge is 2.33. The molecule has 2 aromatic rings. The number of benzene rings is 1. The minimum atomic E-state index is -4.40. The van der Waals surface area contributed by atoms with Gasteiger partial charge in [-0.2, -0.15) is 13.2 Å². The molecule has 1 N–H and O–H groups in total. The van der Waals surface area contributed by atoms with E-state index >= 15 is 0 Å². The standard InChI is InChI=1S/C15H15BrF3NO/c1-3-12(20-2)14-7-6-13(21-14)9-4-5-11(16)10(8-9)15(17,18)19/h4-8,12,20H,3H2,1-2H3. The zero-order chi connectivity index (χ0) is 15.6. The number of alkyl halides is 3. The molecule has 2 nitrogen and oxygen atoms in total. The van der Waals surface area contributed by atoms with Gasteiger partial charge in [-0.3, -0.25) is 0 Å². The molecule has 1 heterocycles. The number of nitrogens with one attached hydrogen (secondary N) is 1. The molecular weight excluding hydrogens is 347 g/mol. The fourth-order valence-electron chi connectivity index (χ4n) is 2.14. The summed E-state index contributed by atoms with van der Waals surface area (Å²) in [4.78, 5) is 0. The number of hydrogen-bond donors (Lipinski definition) is 1. The van der Waals surface area contributed by atoms with Crippen LogP contribution in [0.5, 0.6) is 0 Å². The highest BCUT2D eigenvalue weighted by atomic mass is 79.9. The van der Waals surface area contributed by atoms with Gasteiger partial charge in [0.15, 0.2) is 0 Å². The van der Waals surface area contributed by atoms with Crippen molar-refractivity contribution in [3.05, 3.63) is 46.1 Å². The number of rotatable bonds is 4. The van der Waals surface area contributed by atoms with Crippen LogP contribution in [0.4, 0.5) is 13.2 Å². The molecular formula is C15H15BrF3NO.